The second-order valence-electron chi connectivity index (χ2n) is 5.95. The molecule has 3 nitrogen and oxygen atoms in total. The summed E-state index contributed by atoms with van der Waals surface area (Å²) in [6.45, 7) is 4.25. The first-order valence-corrected chi connectivity index (χ1v) is 7.63. The van der Waals surface area contributed by atoms with Gasteiger partial charge in [-0.2, -0.15) is 0 Å². The maximum absolute atomic E-state index is 11.6. The van der Waals surface area contributed by atoms with Crippen molar-refractivity contribution in [2.75, 3.05) is 6.61 Å². The van der Waals surface area contributed by atoms with Crippen LogP contribution in [0.3, 0.4) is 0 Å². The molecule has 0 aromatic heterocycles. The molecule has 0 spiro atoms. The highest BCUT2D eigenvalue weighted by Gasteiger charge is 2.33. The van der Waals surface area contributed by atoms with Crippen LogP contribution in [0.15, 0.2) is 0 Å². The van der Waals surface area contributed by atoms with E-state index in [1.165, 1.54) is 44.9 Å². The maximum atomic E-state index is 11.6. The van der Waals surface area contributed by atoms with Gasteiger partial charge in [-0.15, -0.1) is 0 Å². The summed E-state index contributed by atoms with van der Waals surface area (Å²) in [4.78, 5) is 11.6. The molecule has 2 rings (SSSR count). The first-order chi connectivity index (χ1) is 8.70. The van der Waals surface area contributed by atoms with Gasteiger partial charge >= 0.3 is 5.97 Å². The van der Waals surface area contributed by atoms with Crippen molar-refractivity contribution >= 4 is 5.97 Å². The van der Waals surface area contributed by atoms with Crippen LogP contribution in [-0.2, 0) is 9.53 Å². The number of hydrogen-bond acceptors (Lipinski definition) is 3. The van der Waals surface area contributed by atoms with Gasteiger partial charge in [-0.1, -0.05) is 25.7 Å². The van der Waals surface area contributed by atoms with Gasteiger partial charge in [0.25, 0.3) is 0 Å². The predicted octanol–water partition coefficient (Wildman–Crippen LogP) is 2.89. The molecule has 18 heavy (non-hydrogen) atoms. The second-order valence-corrected chi connectivity index (χ2v) is 5.95. The Morgan fingerprint density at radius 2 is 1.94 bits per heavy atom. The van der Waals surface area contributed by atoms with Crippen LogP contribution in [0.25, 0.3) is 0 Å². The lowest BCUT2D eigenvalue weighted by Gasteiger charge is -2.40. The summed E-state index contributed by atoms with van der Waals surface area (Å²) in [5.74, 6) is 1.76. The highest BCUT2D eigenvalue weighted by Crippen LogP contribution is 2.40. The average Bonchev–Trinajstić information content (AvgIpc) is 2.39. The Morgan fingerprint density at radius 3 is 2.67 bits per heavy atom. The summed E-state index contributed by atoms with van der Waals surface area (Å²) in [6.07, 6.45) is 9.50. The molecule has 4 atom stereocenters. The van der Waals surface area contributed by atoms with Crippen LogP contribution in [0.1, 0.15) is 58.8 Å². The van der Waals surface area contributed by atoms with E-state index < -0.39 is 0 Å². The van der Waals surface area contributed by atoms with Crippen molar-refractivity contribution in [3.05, 3.63) is 0 Å². The van der Waals surface area contributed by atoms with Crippen molar-refractivity contribution < 1.29 is 9.53 Å². The number of esters is 1. The molecule has 2 aliphatic carbocycles. The normalized spacial score (nSPS) is 33.6. The molecule has 0 aromatic carbocycles. The van der Waals surface area contributed by atoms with Crippen molar-refractivity contribution in [3.8, 4) is 0 Å². The molecule has 1 N–H and O–H groups in total. The fourth-order valence-electron chi connectivity index (χ4n) is 3.71. The van der Waals surface area contributed by atoms with Crippen molar-refractivity contribution in [3.63, 3.8) is 0 Å². The molecule has 104 valence electrons. The minimum absolute atomic E-state index is 0.108. The smallest absolute Gasteiger partial charge is 0.322 e. The second kappa shape index (κ2) is 6.55. The summed E-state index contributed by atoms with van der Waals surface area (Å²) >= 11 is 0. The van der Waals surface area contributed by atoms with Gasteiger partial charge in [-0.3, -0.25) is 4.79 Å². The summed E-state index contributed by atoms with van der Waals surface area (Å²) < 4.78 is 5.05. The van der Waals surface area contributed by atoms with Crippen molar-refractivity contribution in [1.29, 1.82) is 0 Å². The van der Waals surface area contributed by atoms with E-state index in [1.807, 2.05) is 13.8 Å². The molecule has 0 saturated heterocycles. The topological polar surface area (TPSA) is 38.3 Å². The van der Waals surface area contributed by atoms with Gasteiger partial charge in [0, 0.05) is 6.04 Å². The van der Waals surface area contributed by atoms with Gasteiger partial charge in [0.05, 0.1) is 6.61 Å². The van der Waals surface area contributed by atoms with E-state index in [4.69, 9.17) is 4.74 Å². The van der Waals surface area contributed by atoms with Crippen LogP contribution in [-0.4, -0.2) is 24.7 Å². The van der Waals surface area contributed by atoms with Gasteiger partial charge in [0.1, 0.15) is 6.04 Å². The molecule has 2 fully saturated rings. The van der Waals surface area contributed by atoms with Crippen LogP contribution < -0.4 is 5.32 Å². The fourth-order valence-corrected chi connectivity index (χ4v) is 3.71. The Morgan fingerprint density at radius 1 is 1.22 bits per heavy atom. The van der Waals surface area contributed by atoms with Crippen molar-refractivity contribution in [2.45, 2.75) is 70.9 Å². The molecule has 3 heteroatoms. The molecular weight excluding hydrogens is 226 g/mol. The summed E-state index contributed by atoms with van der Waals surface area (Å²) in [7, 11) is 0. The van der Waals surface area contributed by atoms with Gasteiger partial charge in [-0.05, 0) is 44.9 Å². The van der Waals surface area contributed by atoms with Crippen molar-refractivity contribution in [2.24, 2.45) is 11.8 Å². The Hall–Kier alpha value is -0.570. The van der Waals surface area contributed by atoms with Gasteiger partial charge in [0.15, 0.2) is 0 Å². The molecule has 4 unspecified atom stereocenters. The summed E-state index contributed by atoms with van der Waals surface area (Å²) in [6, 6.07) is 0.360. The largest absolute Gasteiger partial charge is 0.465 e. The molecule has 0 heterocycles. The summed E-state index contributed by atoms with van der Waals surface area (Å²) in [5, 5.41) is 3.46. The predicted molar refractivity (Wildman–Crippen MR) is 72.3 cm³/mol. The number of ether oxygens (including phenoxy) is 1. The van der Waals surface area contributed by atoms with Gasteiger partial charge in [0.2, 0.25) is 0 Å². The molecule has 2 saturated carbocycles. The minimum atomic E-state index is -0.157. The third kappa shape index (κ3) is 3.47. The van der Waals surface area contributed by atoms with Crippen LogP contribution in [0.5, 0.6) is 0 Å². The SMILES string of the molecule is CCOC(=O)C(C)NC1CCC2CCCCC2C1. The Labute approximate surface area is 111 Å². The first kappa shape index (κ1) is 13.9. The number of carbonyl (C=O) groups is 1. The van der Waals surface area contributed by atoms with E-state index in [2.05, 4.69) is 5.32 Å². The average molecular weight is 253 g/mol. The quantitative estimate of drug-likeness (QED) is 0.783. The standard InChI is InChI=1S/C15H27NO2/c1-3-18-15(17)11(2)16-14-9-8-12-6-4-5-7-13(12)10-14/h11-14,16H,3-10H2,1-2H3. The third-order valence-corrected chi connectivity index (χ3v) is 4.67. The monoisotopic (exact) mass is 253 g/mol. The highest BCUT2D eigenvalue weighted by molar-refractivity contribution is 5.75. The number of hydrogen-bond donors (Lipinski definition) is 1. The van der Waals surface area contributed by atoms with Crippen LogP contribution in [0.2, 0.25) is 0 Å². The van der Waals surface area contributed by atoms with E-state index >= 15 is 0 Å². The molecule has 0 aliphatic heterocycles. The Bertz CT molecular complexity index is 280. The lowest BCUT2D eigenvalue weighted by atomic mass is 9.69. The molecule has 0 amide bonds. The maximum Gasteiger partial charge on any atom is 0.322 e. The number of nitrogens with one attached hydrogen (secondary N) is 1. The minimum Gasteiger partial charge on any atom is -0.465 e. The van der Waals surface area contributed by atoms with Crippen LogP contribution in [0, 0.1) is 11.8 Å². The fraction of sp³-hybridized carbons (Fsp3) is 0.933. The van der Waals surface area contributed by atoms with E-state index in [1.54, 1.807) is 0 Å². The lowest BCUT2D eigenvalue weighted by molar-refractivity contribution is -0.145. The zero-order valence-electron chi connectivity index (χ0n) is 11.8. The number of rotatable bonds is 4. The van der Waals surface area contributed by atoms with Crippen LogP contribution >= 0.6 is 0 Å². The third-order valence-electron chi connectivity index (χ3n) is 4.67. The molecular formula is C15H27NO2. The Kier molecular flexibility index (Phi) is 5.04. The molecule has 0 radical (unpaired) electrons. The van der Waals surface area contributed by atoms with E-state index in [9.17, 15) is 4.79 Å². The zero-order chi connectivity index (χ0) is 13.0. The highest BCUT2D eigenvalue weighted by atomic mass is 16.5. The Balaban J connectivity index is 1.78. The number of carbonyl (C=O) groups excluding carboxylic acids is 1. The van der Waals surface area contributed by atoms with Gasteiger partial charge in [-0.25, -0.2) is 0 Å². The van der Waals surface area contributed by atoms with E-state index in [0.29, 0.717) is 12.6 Å². The molecule has 2 aliphatic rings. The molecule has 0 aromatic rings. The summed E-state index contributed by atoms with van der Waals surface area (Å²) in [5.41, 5.74) is 0. The van der Waals surface area contributed by atoms with E-state index in [0.717, 1.165) is 11.8 Å². The van der Waals surface area contributed by atoms with Crippen molar-refractivity contribution in [1.82, 2.24) is 5.32 Å². The molecule has 0 bridgehead atoms. The number of fused-ring (bicyclic) bond motifs is 1. The van der Waals surface area contributed by atoms with Crippen LogP contribution in [0.4, 0.5) is 0 Å². The van der Waals surface area contributed by atoms with E-state index in [-0.39, 0.29) is 12.0 Å². The first-order valence-electron chi connectivity index (χ1n) is 7.63. The lowest BCUT2D eigenvalue weighted by Crippen LogP contribution is -2.46. The zero-order valence-corrected chi connectivity index (χ0v) is 11.8. The van der Waals surface area contributed by atoms with Gasteiger partial charge < -0.3 is 10.1 Å².